The van der Waals surface area contributed by atoms with Crippen molar-refractivity contribution in [1.29, 1.82) is 0 Å². The van der Waals surface area contributed by atoms with Crippen LogP contribution in [0.2, 0.25) is 0 Å². The summed E-state index contributed by atoms with van der Waals surface area (Å²) in [6.07, 6.45) is 3.20. The second-order valence-corrected chi connectivity index (χ2v) is 6.14. The fraction of sp³-hybridized carbons (Fsp3) is 0.647. The summed E-state index contributed by atoms with van der Waals surface area (Å²) in [5.74, 6) is 0.693. The SMILES string of the molecule is CC[C@H](C)CN(Cc1ccc(C)cc1)C1CC[C@@H]1O. The molecule has 1 aliphatic carbocycles. The molecule has 0 radical (unpaired) electrons. The van der Waals surface area contributed by atoms with Crippen LogP contribution in [-0.2, 0) is 6.54 Å². The monoisotopic (exact) mass is 261 g/mol. The number of nitrogens with zero attached hydrogens (tertiary/aromatic N) is 1. The average molecular weight is 261 g/mol. The molecule has 0 heterocycles. The van der Waals surface area contributed by atoms with Crippen molar-refractivity contribution >= 4 is 0 Å². The predicted molar refractivity (Wildman–Crippen MR) is 80.1 cm³/mol. The maximum Gasteiger partial charge on any atom is 0.0696 e. The van der Waals surface area contributed by atoms with Crippen LogP contribution < -0.4 is 0 Å². The third kappa shape index (κ3) is 3.80. The lowest BCUT2D eigenvalue weighted by atomic mass is 9.86. The molecule has 0 spiro atoms. The fourth-order valence-corrected chi connectivity index (χ4v) is 2.67. The Bertz CT molecular complexity index is 387. The van der Waals surface area contributed by atoms with Crippen LogP contribution in [0.3, 0.4) is 0 Å². The highest BCUT2D eigenvalue weighted by molar-refractivity contribution is 5.21. The minimum Gasteiger partial charge on any atom is -0.391 e. The lowest BCUT2D eigenvalue weighted by Gasteiger charge is -2.42. The number of aliphatic hydroxyl groups excluding tert-OH is 1. The zero-order valence-corrected chi connectivity index (χ0v) is 12.5. The van der Waals surface area contributed by atoms with Gasteiger partial charge in [0.1, 0.15) is 0 Å². The van der Waals surface area contributed by atoms with Gasteiger partial charge in [-0.3, -0.25) is 4.90 Å². The van der Waals surface area contributed by atoms with Gasteiger partial charge in [0.2, 0.25) is 0 Å². The molecule has 2 rings (SSSR count). The van der Waals surface area contributed by atoms with E-state index in [0.29, 0.717) is 12.0 Å². The molecule has 1 unspecified atom stereocenters. The third-order valence-corrected chi connectivity index (χ3v) is 4.42. The zero-order chi connectivity index (χ0) is 13.8. The Morgan fingerprint density at radius 2 is 1.95 bits per heavy atom. The maximum absolute atomic E-state index is 9.94. The van der Waals surface area contributed by atoms with Crippen molar-refractivity contribution in [2.75, 3.05) is 6.54 Å². The lowest BCUT2D eigenvalue weighted by molar-refractivity contribution is -0.0303. The molecule has 1 fully saturated rings. The number of rotatable bonds is 6. The van der Waals surface area contributed by atoms with Crippen molar-refractivity contribution in [2.45, 2.75) is 58.7 Å². The standard InChI is InChI=1S/C17H27NO/c1-4-13(2)11-18(16-9-10-17(16)19)12-15-7-5-14(3)6-8-15/h5-8,13,16-17,19H,4,9-12H2,1-3H3/t13-,16?,17-/m0/s1. The van der Waals surface area contributed by atoms with E-state index in [1.54, 1.807) is 0 Å². The predicted octanol–water partition coefficient (Wildman–Crippen LogP) is 3.37. The van der Waals surface area contributed by atoms with Gasteiger partial charge in [-0.05, 0) is 31.2 Å². The molecule has 1 aromatic carbocycles. The van der Waals surface area contributed by atoms with Crippen LogP contribution in [0.4, 0.5) is 0 Å². The van der Waals surface area contributed by atoms with Crippen molar-refractivity contribution in [1.82, 2.24) is 4.90 Å². The summed E-state index contributed by atoms with van der Waals surface area (Å²) in [5, 5.41) is 9.94. The summed E-state index contributed by atoms with van der Waals surface area (Å²) in [5.41, 5.74) is 2.66. The topological polar surface area (TPSA) is 23.5 Å². The Balaban J connectivity index is 2.02. The van der Waals surface area contributed by atoms with Gasteiger partial charge in [0.05, 0.1) is 6.10 Å². The zero-order valence-electron chi connectivity index (χ0n) is 12.5. The summed E-state index contributed by atoms with van der Waals surface area (Å²) in [4.78, 5) is 2.48. The van der Waals surface area contributed by atoms with E-state index in [2.05, 4.69) is 49.9 Å². The van der Waals surface area contributed by atoms with E-state index < -0.39 is 0 Å². The minimum atomic E-state index is -0.116. The largest absolute Gasteiger partial charge is 0.391 e. The quantitative estimate of drug-likeness (QED) is 0.848. The first-order valence-corrected chi connectivity index (χ1v) is 7.57. The summed E-state index contributed by atoms with van der Waals surface area (Å²) >= 11 is 0. The van der Waals surface area contributed by atoms with E-state index in [9.17, 15) is 5.11 Å². The molecule has 0 amide bonds. The lowest BCUT2D eigenvalue weighted by Crippen LogP contribution is -2.51. The first-order chi connectivity index (χ1) is 9.10. The van der Waals surface area contributed by atoms with Gasteiger partial charge in [-0.25, -0.2) is 0 Å². The normalized spacial score (nSPS) is 24.3. The van der Waals surface area contributed by atoms with Crippen molar-refractivity contribution in [3.8, 4) is 0 Å². The summed E-state index contributed by atoms with van der Waals surface area (Å²) < 4.78 is 0. The molecule has 0 aromatic heterocycles. The molecule has 1 aliphatic rings. The van der Waals surface area contributed by atoms with E-state index in [1.807, 2.05) is 0 Å². The van der Waals surface area contributed by atoms with E-state index in [-0.39, 0.29) is 6.10 Å². The van der Waals surface area contributed by atoms with Gasteiger partial charge in [-0.1, -0.05) is 50.1 Å². The number of benzene rings is 1. The molecule has 1 aromatic rings. The average Bonchev–Trinajstić information content (AvgIpc) is 2.39. The number of hydrogen-bond acceptors (Lipinski definition) is 2. The molecule has 3 atom stereocenters. The Kier molecular flexibility index (Phi) is 5.00. The van der Waals surface area contributed by atoms with Crippen LogP contribution >= 0.6 is 0 Å². The number of hydrogen-bond donors (Lipinski definition) is 1. The molecule has 1 N–H and O–H groups in total. The molecule has 2 heteroatoms. The summed E-state index contributed by atoms with van der Waals surface area (Å²) in [7, 11) is 0. The minimum absolute atomic E-state index is 0.116. The number of aryl methyl sites for hydroxylation is 1. The Hall–Kier alpha value is -0.860. The highest BCUT2D eigenvalue weighted by Gasteiger charge is 2.34. The Labute approximate surface area is 117 Å². The van der Waals surface area contributed by atoms with Crippen LogP contribution in [0, 0.1) is 12.8 Å². The van der Waals surface area contributed by atoms with Crippen LogP contribution in [0.5, 0.6) is 0 Å². The second-order valence-electron chi connectivity index (χ2n) is 6.14. The summed E-state index contributed by atoms with van der Waals surface area (Å²) in [6, 6.07) is 9.14. The van der Waals surface area contributed by atoms with E-state index in [0.717, 1.165) is 25.9 Å². The molecule has 106 valence electrons. The van der Waals surface area contributed by atoms with E-state index in [1.165, 1.54) is 17.5 Å². The van der Waals surface area contributed by atoms with Gasteiger partial charge >= 0.3 is 0 Å². The highest BCUT2D eigenvalue weighted by atomic mass is 16.3. The maximum atomic E-state index is 9.94. The molecule has 0 bridgehead atoms. The van der Waals surface area contributed by atoms with Crippen molar-refractivity contribution < 1.29 is 5.11 Å². The smallest absolute Gasteiger partial charge is 0.0696 e. The second kappa shape index (κ2) is 6.53. The molecule has 0 saturated heterocycles. The molecular formula is C17H27NO. The van der Waals surface area contributed by atoms with Crippen molar-refractivity contribution in [3.05, 3.63) is 35.4 Å². The van der Waals surface area contributed by atoms with E-state index >= 15 is 0 Å². The van der Waals surface area contributed by atoms with Crippen LogP contribution in [0.15, 0.2) is 24.3 Å². The third-order valence-electron chi connectivity index (χ3n) is 4.42. The molecule has 19 heavy (non-hydrogen) atoms. The van der Waals surface area contributed by atoms with Crippen molar-refractivity contribution in [2.24, 2.45) is 5.92 Å². The first kappa shape index (κ1) is 14.5. The van der Waals surface area contributed by atoms with Gasteiger partial charge in [0.25, 0.3) is 0 Å². The van der Waals surface area contributed by atoms with Gasteiger partial charge in [-0.2, -0.15) is 0 Å². The molecule has 1 saturated carbocycles. The highest BCUT2D eigenvalue weighted by Crippen LogP contribution is 2.28. The molecule has 2 nitrogen and oxygen atoms in total. The van der Waals surface area contributed by atoms with Crippen LogP contribution in [0.25, 0.3) is 0 Å². The summed E-state index contributed by atoms with van der Waals surface area (Å²) in [6.45, 7) is 8.72. The first-order valence-electron chi connectivity index (χ1n) is 7.57. The Morgan fingerprint density at radius 1 is 1.26 bits per heavy atom. The number of aliphatic hydroxyl groups is 1. The van der Waals surface area contributed by atoms with Gasteiger partial charge in [0.15, 0.2) is 0 Å². The molecule has 0 aliphatic heterocycles. The fourth-order valence-electron chi connectivity index (χ4n) is 2.67. The van der Waals surface area contributed by atoms with Crippen molar-refractivity contribution in [3.63, 3.8) is 0 Å². The van der Waals surface area contributed by atoms with Crippen LogP contribution in [0.1, 0.15) is 44.2 Å². The Morgan fingerprint density at radius 3 is 2.42 bits per heavy atom. The van der Waals surface area contributed by atoms with Gasteiger partial charge in [-0.15, -0.1) is 0 Å². The van der Waals surface area contributed by atoms with Gasteiger partial charge < -0.3 is 5.11 Å². The van der Waals surface area contributed by atoms with E-state index in [4.69, 9.17) is 0 Å². The molecular weight excluding hydrogens is 234 g/mol. The van der Waals surface area contributed by atoms with Crippen LogP contribution in [-0.4, -0.2) is 28.7 Å². The van der Waals surface area contributed by atoms with Gasteiger partial charge in [0, 0.05) is 19.1 Å².